The molecule has 6 nitrogen and oxygen atoms in total. The largest absolute Gasteiger partial charge is 0.487 e. The van der Waals surface area contributed by atoms with Gasteiger partial charge >= 0.3 is 6.18 Å². The van der Waals surface area contributed by atoms with E-state index in [-0.39, 0.29) is 19.8 Å². The van der Waals surface area contributed by atoms with Gasteiger partial charge in [0.05, 0.1) is 36.6 Å². The lowest BCUT2D eigenvalue weighted by atomic mass is 10.1. The Labute approximate surface area is 200 Å². The van der Waals surface area contributed by atoms with Crippen molar-refractivity contribution < 1.29 is 27.4 Å². The van der Waals surface area contributed by atoms with E-state index in [1.54, 1.807) is 30.1 Å². The predicted octanol–water partition coefficient (Wildman–Crippen LogP) is 5.38. The van der Waals surface area contributed by atoms with Crippen molar-refractivity contribution in [2.24, 2.45) is 0 Å². The highest BCUT2D eigenvalue weighted by Gasteiger charge is 2.27. The van der Waals surface area contributed by atoms with Gasteiger partial charge in [0.1, 0.15) is 25.0 Å². The van der Waals surface area contributed by atoms with Crippen molar-refractivity contribution in [2.75, 3.05) is 32.2 Å². The van der Waals surface area contributed by atoms with Gasteiger partial charge in [-0.15, -0.1) is 11.8 Å². The van der Waals surface area contributed by atoms with Crippen LogP contribution in [0.1, 0.15) is 22.5 Å². The molecule has 10 heteroatoms. The van der Waals surface area contributed by atoms with Crippen LogP contribution in [0.3, 0.4) is 0 Å². The number of aromatic nitrogens is 2. The number of hydrogen-bond acceptors (Lipinski definition) is 7. The van der Waals surface area contributed by atoms with Gasteiger partial charge in [-0.25, -0.2) is 0 Å². The fraction of sp³-hybridized carbons (Fsp3) is 0.375. The second-order valence-electron chi connectivity index (χ2n) is 7.37. The van der Waals surface area contributed by atoms with Gasteiger partial charge in [0, 0.05) is 34.0 Å². The van der Waals surface area contributed by atoms with E-state index in [1.165, 1.54) is 0 Å². The molecule has 34 heavy (non-hydrogen) atoms. The van der Waals surface area contributed by atoms with Crippen molar-refractivity contribution in [3.8, 4) is 11.8 Å². The second kappa shape index (κ2) is 12.0. The SMILES string of the molecule is Cc1cc(OCc2nccc(SCCOCCOCC(F)(F)F)c2C)c2cccc(C#N)c2n1. The lowest BCUT2D eigenvalue weighted by Gasteiger charge is -2.13. The van der Waals surface area contributed by atoms with Crippen molar-refractivity contribution in [2.45, 2.75) is 31.5 Å². The van der Waals surface area contributed by atoms with Crippen LogP contribution >= 0.6 is 11.8 Å². The Morgan fingerprint density at radius 2 is 1.88 bits per heavy atom. The fourth-order valence-corrected chi connectivity index (χ4v) is 4.09. The average molecular weight is 492 g/mol. The average Bonchev–Trinajstić information content (AvgIpc) is 2.79. The van der Waals surface area contributed by atoms with E-state index in [9.17, 15) is 18.4 Å². The third kappa shape index (κ3) is 7.32. The minimum absolute atomic E-state index is 0.0982. The Morgan fingerprint density at radius 3 is 2.65 bits per heavy atom. The topological polar surface area (TPSA) is 77.3 Å². The molecule has 0 aliphatic carbocycles. The van der Waals surface area contributed by atoms with Crippen molar-refractivity contribution >= 4 is 22.7 Å². The number of hydrogen-bond donors (Lipinski definition) is 0. The monoisotopic (exact) mass is 491 g/mol. The van der Waals surface area contributed by atoms with Crippen LogP contribution in [0.4, 0.5) is 13.2 Å². The van der Waals surface area contributed by atoms with Gasteiger partial charge < -0.3 is 14.2 Å². The number of alkyl halides is 3. The van der Waals surface area contributed by atoms with Crippen LogP contribution in [0.15, 0.2) is 41.4 Å². The van der Waals surface area contributed by atoms with E-state index < -0.39 is 12.8 Å². The fourth-order valence-electron chi connectivity index (χ4n) is 3.17. The van der Waals surface area contributed by atoms with Crippen LogP contribution in [0.2, 0.25) is 0 Å². The zero-order chi connectivity index (χ0) is 24.6. The van der Waals surface area contributed by atoms with Crippen LogP contribution < -0.4 is 4.74 Å². The van der Waals surface area contributed by atoms with Crippen LogP contribution in [-0.2, 0) is 16.1 Å². The molecule has 0 saturated heterocycles. The third-order valence-corrected chi connectivity index (χ3v) is 5.92. The number of halogens is 3. The Bertz CT molecular complexity index is 1170. The minimum atomic E-state index is -4.32. The Morgan fingerprint density at radius 1 is 1.09 bits per heavy atom. The molecular formula is C24H24F3N3O3S. The lowest BCUT2D eigenvalue weighted by Crippen LogP contribution is -2.19. The zero-order valence-corrected chi connectivity index (χ0v) is 19.6. The molecule has 0 bridgehead atoms. The molecule has 0 fully saturated rings. The normalized spacial score (nSPS) is 11.5. The molecule has 2 aromatic heterocycles. The first-order chi connectivity index (χ1) is 16.3. The van der Waals surface area contributed by atoms with Crippen molar-refractivity contribution in [1.82, 2.24) is 9.97 Å². The number of aryl methyl sites for hydroxylation is 1. The maximum absolute atomic E-state index is 12.0. The van der Waals surface area contributed by atoms with E-state index in [0.29, 0.717) is 29.2 Å². The molecule has 0 aliphatic rings. The summed E-state index contributed by atoms with van der Waals surface area (Å²) >= 11 is 1.57. The number of benzene rings is 1. The van der Waals surface area contributed by atoms with Crippen molar-refractivity contribution in [3.05, 3.63) is 59.0 Å². The van der Waals surface area contributed by atoms with E-state index in [0.717, 1.165) is 27.2 Å². The summed E-state index contributed by atoms with van der Waals surface area (Å²) in [6.45, 7) is 3.20. The molecule has 0 atom stereocenters. The standard InChI is InChI=1S/C24H24F3N3O3S/c1-16-12-21(19-5-3-4-18(13-28)23(19)30-16)33-14-20-17(2)22(6-7-29-20)34-11-10-31-8-9-32-15-24(25,26)27/h3-7,12H,8-11,14-15H2,1-2H3. The van der Waals surface area contributed by atoms with Gasteiger partial charge in [0.25, 0.3) is 0 Å². The van der Waals surface area contributed by atoms with E-state index in [2.05, 4.69) is 20.8 Å². The summed E-state index contributed by atoms with van der Waals surface area (Å²) in [6, 6.07) is 11.3. The number of ether oxygens (including phenoxy) is 3. The molecule has 1 aromatic carbocycles. The summed E-state index contributed by atoms with van der Waals surface area (Å²) in [7, 11) is 0. The van der Waals surface area contributed by atoms with Gasteiger partial charge in [-0.1, -0.05) is 6.07 Å². The lowest BCUT2D eigenvalue weighted by molar-refractivity contribution is -0.176. The van der Waals surface area contributed by atoms with Crippen LogP contribution in [0.5, 0.6) is 5.75 Å². The molecule has 180 valence electrons. The van der Waals surface area contributed by atoms with Gasteiger partial charge in [0.15, 0.2) is 0 Å². The third-order valence-electron chi connectivity index (χ3n) is 4.80. The number of nitrogens with zero attached hydrogens (tertiary/aromatic N) is 3. The molecule has 3 aromatic rings. The summed E-state index contributed by atoms with van der Waals surface area (Å²) in [5.74, 6) is 1.27. The van der Waals surface area contributed by atoms with Gasteiger partial charge in [0.2, 0.25) is 0 Å². The first kappa shape index (κ1) is 25.7. The van der Waals surface area contributed by atoms with Crippen LogP contribution in [0, 0.1) is 25.2 Å². The van der Waals surface area contributed by atoms with Crippen LogP contribution in [0.25, 0.3) is 10.9 Å². The predicted molar refractivity (Wildman–Crippen MR) is 123 cm³/mol. The Kier molecular flexibility index (Phi) is 9.10. The number of fused-ring (bicyclic) bond motifs is 1. The summed E-state index contributed by atoms with van der Waals surface area (Å²) in [5.41, 5.74) is 3.62. The quantitative estimate of drug-likeness (QED) is 0.263. The van der Waals surface area contributed by atoms with Gasteiger partial charge in [-0.05, 0) is 37.6 Å². The van der Waals surface area contributed by atoms with E-state index in [4.69, 9.17) is 9.47 Å². The Hall–Kier alpha value is -2.87. The second-order valence-corrected chi connectivity index (χ2v) is 8.51. The Balaban J connectivity index is 1.54. The highest BCUT2D eigenvalue weighted by atomic mass is 32.2. The number of rotatable bonds is 11. The molecule has 0 aliphatic heterocycles. The maximum Gasteiger partial charge on any atom is 0.411 e. The highest BCUT2D eigenvalue weighted by molar-refractivity contribution is 7.99. The first-order valence-corrected chi connectivity index (χ1v) is 11.5. The molecule has 0 unspecified atom stereocenters. The molecule has 0 spiro atoms. The minimum Gasteiger partial charge on any atom is -0.487 e. The molecule has 0 saturated carbocycles. The number of nitriles is 1. The molecular weight excluding hydrogens is 467 g/mol. The maximum atomic E-state index is 12.0. The van der Waals surface area contributed by atoms with Crippen LogP contribution in [-0.4, -0.2) is 48.3 Å². The number of para-hydroxylation sites is 1. The molecule has 0 amide bonds. The van der Waals surface area contributed by atoms with Gasteiger partial charge in [-0.2, -0.15) is 18.4 Å². The molecule has 0 N–H and O–H groups in total. The summed E-state index contributed by atoms with van der Waals surface area (Å²) < 4.78 is 52.0. The number of pyridine rings is 2. The zero-order valence-electron chi connectivity index (χ0n) is 18.8. The van der Waals surface area contributed by atoms with Gasteiger partial charge in [-0.3, -0.25) is 9.97 Å². The van der Waals surface area contributed by atoms with Crippen molar-refractivity contribution in [1.29, 1.82) is 5.26 Å². The molecule has 3 rings (SSSR count). The highest BCUT2D eigenvalue weighted by Crippen LogP contribution is 2.29. The first-order valence-electron chi connectivity index (χ1n) is 10.5. The van der Waals surface area contributed by atoms with E-state index >= 15 is 0 Å². The molecule has 2 heterocycles. The molecule has 0 radical (unpaired) electrons. The summed E-state index contributed by atoms with van der Waals surface area (Å²) in [6.07, 6.45) is -2.61. The summed E-state index contributed by atoms with van der Waals surface area (Å²) in [5, 5.41) is 10.1. The smallest absolute Gasteiger partial charge is 0.411 e. The summed E-state index contributed by atoms with van der Waals surface area (Å²) in [4.78, 5) is 9.94. The van der Waals surface area contributed by atoms with E-state index in [1.807, 2.05) is 32.0 Å². The number of thioether (sulfide) groups is 1. The van der Waals surface area contributed by atoms with Crippen molar-refractivity contribution in [3.63, 3.8) is 0 Å².